The van der Waals surface area contributed by atoms with Crippen LogP contribution in [0.15, 0.2) is 59.5 Å². The maximum atomic E-state index is 11.4. The molecule has 2 N–H and O–H groups in total. The number of aliphatic hydroxyl groups excluding tert-OH is 1. The SMILES string of the molecule is COCC1CCN(CC(O)COc2ccc(-c3ccc(=O)[nH]c3)c3ccccc23)CC1. The Kier molecular flexibility index (Phi) is 7.02. The number of aromatic amines is 1. The molecule has 1 unspecified atom stereocenters. The molecule has 6 nitrogen and oxygen atoms in total. The van der Waals surface area contributed by atoms with E-state index >= 15 is 0 Å². The smallest absolute Gasteiger partial charge is 0.247 e. The minimum absolute atomic E-state index is 0.120. The molecule has 31 heavy (non-hydrogen) atoms. The van der Waals surface area contributed by atoms with Crippen LogP contribution in [0.5, 0.6) is 5.75 Å². The maximum absolute atomic E-state index is 11.4. The van der Waals surface area contributed by atoms with Crippen LogP contribution < -0.4 is 10.3 Å². The van der Waals surface area contributed by atoms with Gasteiger partial charge in [-0.3, -0.25) is 4.79 Å². The number of aliphatic hydroxyl groups is 1. The fourth-order valence-electron chi connectivity index (χ4n) is 4.34. The number of nitrogens with one attached hydrogen (secondary N) is 1. The van der Waals surface area contributed by atoms with Crippen LogP contribution in [0.4, 0.5) is 0 Å². The van der Waals surface area contributed by atoms with Crippen LogP contribution in [0.2, 0.25) is 0 Å². The molecule has 1 aliphatic heterocycles. The van der Waals surface area contributed by atoms with E-state index in [1.807, 2.05) is 42.5 Å². The van der Waals surface area contributed by atoms with Gasteiger partial charge in [0.05, 0.1) is 0 Å². The van der Waals surface area contributed by atoms with Gasteiger partial charge in [-0.15, -0.1) is 0 Å². The highest BCUT2D eigenvalue weighted by atomic mass is 16.5. The summed E-state index contributed by atoms with van der Waals surface area (Å²) in [4.78, 5) is 16.4. The van der Waals surface area contributed by atoms with Crippen LogP contribution in [-0.2, 0) is 4.74 Å². The zero-order valence-electron chi connectivity index (χ0n) is 17.9. The minimum Gasteiger partial charge on any atom is -0.490 e. The summed E-state index contributed by atoms with van der Waals surface area (Å²) in [6, 6.07) is 15.3. The molecule has 0 radical (unpaired) electrons. The van der Waals surface area contributed by atoms with Crippen molar-refractivity contribution in [1.29, 1.82) is 0 Å². The van der Waals surface area contributed by atoms with Gasteiger partial charge in [0.1, 0.15) is 18.5 Å². The van der Waals surface area contributed by atoms with E-state index in [0.29, 0.717) is 12.5 Å². The van der Waals surface area contributed by atoms with E-state index in [1.54, 1.807) is 13.3 Å². The van der Waals surface area contributed by atoms with Crippen LogP contribution >= 0.6 is 0 Å². The van der Waals surface area contributed by atoms with Gasteiger partial charge in [-0.1, -0.05) is 24.3 Å². The molecule has 1 aliphatic rings. The second kappa shape index (κ2) is 10.1. The second-order valence-corrected chi connectivity index (χ2v) is 8.26. The normalized spacial score (nSPS) is 16.5. The first-order valence-corrected chi connectivity index (χ1v) is 10.9. The molecule has 164 valence electrons. The first-order chi connectivity index (χ1) is 15.1. The number of rotatable bonds is 8. The number of aromatic nitrogens is 1. The number of β-amino-alcohol motifs (C(OH)–C–C–N with tert-alkyl or cyclic N) is 1. The molecule has 2 aromatic carbocycles. The van der Waals surface area contributed by atoms with Crippen molar-refractivity contribution in [2.45, 2.75) is 18.9 Å². The van der Waals surface area contributed by atoms with Gasteiger partial charge in [-0.25, -0.2) is 0 Å². The van der Waals surface area contributed by atoms with E-state index in [0.717, 1.165) is 60.2 Å². The summed E-state index contributed by atoms with van der Waals surface area (Å²) < 4.78 is 11.3. The lowest BCUT2D eigenvalue weighted by atomic mass is 9.97. The van der Waals surface area contributed by atoms with Crippen molar-refractivity contribution in [1.82, 2.24) is 9.88 Å². The quantitative estimate of drug-likeness (QED) is 0.583. The molecular weight excluding hydrogens is 392 g/mol. The monoisotopic (exact) mass is 422 g/mol. The first kappa shape index (κ1) is 21.6. The first-order valence-electron chi connectivity index (χ1n) is 10.9. The number of ether oxygens (including phenoxy) is 2. The molecule has 2 heterocycles. The number of piperidine rings is 1. The number of benzene rings is 2. The number of hydrogen-bond donors (Lipinski definition) is 2. The highest BCUT2D eigenvalue weighted by molar-refractivity contribution is 5.99. The average molecular weight is 423 g/mol. The van der Waals surface area contributed by atoms with Gasteiger partial charge in [-0.2, -0.15) is 0 Å². The van der Waals surface area contributed by atoms with Gasteiger partial charge in [0.25, 0.3) is 0 Å². The zero-order chi connectivity index (χ0) is 21.6. The molecule has 1 aromatic heterocycles. The summed E-state index contributed by atoms with van der Waals surface area (Å²) in [5, 5.41) is 12.6. The van der Waals surface area contributed by atoms with Gasteiger partial charge in [0, 0.05) is 37.9 Å². The van der Waals surface area contributed by atoms with Gasteiger partial charge in [0.15, 0.2) is 0 Å². The van der Waals surface area contributed by atoms with Crippen LogP contribution in [0.25, 0.3) is 21.9 Å². The molecule has 1 fully saturated rings. The van der Waals surface area contributed by atoms with Gasteiger partial charge in [-0.05, 0) is 66.6 Å². The third-order valence-corrected chi connectivity index (χ3v) is 5.99. The Morgan fingerprint density at radius 3 is 2.58 bits per heavy atom. The fourth-order valence-corrected chi connectivity index (χ4v) is 4.34. The fraction of sp³-hybridized carbons (Fsp3) is 0.400. The third kappa shape index (κ3) is 5.34. The summed E-state index contributed by atoms with van der Waals surface area (Å²) in [7, 11) is 1.75. The Labute approximate surface area is 182 Å². The van der Waals surface area contributed by atoms with Crippen molar-refractivity contribution >= 4 is 10.8 Å². The molecule has 1 atom stereocenters. The summed E-state index contributed by atoms with van der Waals surface area (Å²) in [6.45, 7) is 3.67. The molecule has 0 saturated carbocycles. The topological polar surface area (TPSA) is 74.8 Å². The Balaban J connectivity index is 1.42. The number of fused-ring (bicyclic) bond motifs is 1. The second-order valence-electron chi connectivity index (χ2n) is 8.26. The van der Waals surface area contributed by atoms with Crippen molar-refractivity contribution in [3.05, 3.63) is 65.1 Å². The van der Waals surface area contributed by atoms with Crippen LogP contribution in [-0.4, -0.2) is 61.1 Å². The van der Waals surface area contributed by atoms with Crippen LogP contribution in [0.1, 0.15) is 12.8 Å². The highest BCUT2D eigenvalue weighted by Gasteiger charge is 2.21. The number of methoxy groups -OCH3 is 1. The Hall–Kier alpha value is -2.67. The molecule has 0 bridgehead atoms. The molecule has 3 aromatic rings. The average Bonchev–Trinajstić information content (AvgIpc) is 2.79. The molecule has 4 rings (SSSR count). The zero-order valence-corrected chi connectivity index (χ0v) is 17.9. The van der Waals surface area contributed by atoms with Gasteiger partial charge < -0.3 is 24.5 Å². The van der Waals surface area contributed by atoms with E-state index in [1.165, 1.54) is 6.07 Å². The third-order valence-electron chi connectivity index (χ3n) is 5.99. The summed E-state index contributed by atoms with van der Waals surface area (Å²) in [5.74, 6) is 1.38. The number of likely N-dealkylation sites (tertiary alicyclic amines) is 1. The highest BCUT2D eigenvalue weighted by Crippen LogP contribution is 2.34. The number of nitrogens with zero attached hydrogens (tertiary/aromatic N) is 1. The molecule has 0 amide bonds. The van der Waals surface area contributed by atoms with E-state index in [2.05, 4.69) is 9.88 Å². The van der Waals surface area contributed by atoms with Crippen molar-refractivity contribution < 1.29 is 14.6 Å². The summed E-state index contributed by atoms with van der Waals surface area (Å²) >= 11 is 0. The lowest BCUT2D eigenvalue weighted by Crippen LogP contribution is -2.41. The van der Waals surface area contributed by atoms with Crippen molar-refractivity contribution in [2.24, 2.45) is 5.92 Å². The summed E-state index contributed by atoms with van der Waals surface area (Å²) in [5.41, 5.74) is 1.85. The Bertz CT molecular complexity index is 1040. The van der Waals surface area contributed by atoms with Gasteiger partial charge in [0.2, 0.25) is 5.56 Å². The van der Waals surface area contributed by atoms with E-state index in [4.69, 9.17) is 9.47 Å². The lowest BCUT2D eigenvalue weighted by molar-refractivity contribution is 0.0443. The predicted molar refractivity (Wildman–Crippen MR) is 123 cm³/mol. The van der Waals surface area contributed by atoms with Crippen molar-refractivity contribution in [3.8, 4) is 16.9 Å². The maximum Gasteiger partial charge on any atom is 0.247 e. The number of H-pyrrole nitrogens is 1. The number of hydrogen-bond acceptors (Lipinski definition) is 5. The molecule has 0 spiro atoms. The van der Waals surface area contributed by atoms with Crippen LogP contribution in [0, 0.1) is 5.92 Å². The van der Waals surface area contributed by atoms with Crippen molar-refractivity contribution in [2.75, 3.05) is 40.0 Å². The van der Waals surface area contributed by atoms with E-state index in [9.17, 15) is 9.90 Å². The number of pyridine rings is 1. The van der Waals surface area contributed by atoms with Gasteiger partial charge >= 0.3 is 0 Å². The lowest BCUT2D eigenvalue weighted by Gasteiger charge is -2.32. The standard InChI is InChI=1S/C25H30N2O4/c1-30-16-18-10-12-27(13-11-18)15-20(28)17-31-24-8-7-21(19-6-9-25(29)26-14-19)22-4-2-3-5-23(22)24/h2-9,14,18,20,28H,10-13,15-17H2,1H3,(H,26,29). The summed E-state index contributed by atoms with van der Waals surface area (Å²) in [6.07, 6.45) is 3.40. The Morgan fingerprint density at radius 2 is 1.87 bits per heavy atom. The molecule has 0 aliphatic carbocycles. The van der Waals surface area contributed by atoms with Crippen LogP contribution in [0.3, 0.4) is 0 Å². The molecule has 1 saturated heterocycles. The largest absolute Gasteiger partial charge is 0.490 e. The minimum atomic E-state index is -0.545. The van der Waals surface area contributed by atoms with Crippen molar-refractivity contribution in [3.63, 3.8) is 0 Å². The Morgan fingerprint density at radius 1 is 1.10 bits per heavy atom. The van der Waals surface area contributed by atoms with E-state index in [-0.39, 0.29) is 12.2 Å². The molecular formula is C25H30N2O4. The molecule has 6 heteroatoms. The predicted octanol–water partition coefficient (Wildman–Crippen LogP) is 3.29. The van der Waals surface area contributed by atoms with E-state index < -0.39 is 6.10 Å².